The lowest BCUT2D eigenvalue weighted by molar-refractivity contribution is -0.704. The molecule has 0 saturated carbocycles. The van der Waals surface area contributed by atoms with Crippen LogP contribution in [0.1, 0.15) is 264 Å². The van der Waals surface area contributed by atoms with E-state index in [0.29, 0.717) is 0 Å². The van der Waals surface area contributed by atoms with Crippen molar-refractivity contribution in [3.63, 3.8) is 0 Å². The van der Waals surface area contributed by atoms with Gasteiger partial charge in [-0.15, -0.1) is 0 Å². The number of rotatable bonds is 40. The molecule has 0 aliphatic carbocycles. The van der Waals surface area contributed by atoms with Crippen LogP contribution in [0.2, 0.25) is 0 Å². The molecule has 1 heterocycles. The Balaban J connectivity index is 2.25. The van der Waals surface area contributed by atoms with Crippen LogP contribution in [-0.4, -0.2) is 4.57 Å². The lowest BCUT2D eigenvalue weighted by Crippen LogP contribution is -2.37. The molecule has 0 bridgehead atoms. The van der Waals surface area contributed by atoms with Crippen molar-refractivity contribution in [1.29, 1.82) is 0 Å². The summed E-state index contributed by atoms with van der Waals surface area (Å²) in [6, 6.07) is 0. The molecule has 0 fully saturated rings. The van der Waals surface area contributed by atoms with Gasteiger partial charge < -0.3 is 0 Å². The first-order valence-electron chi connectivity index (χ1n) is 22.9. The minimum Gasteiger partial charge on any atom is -0.234 e. The Morgan fingerprint density at radius 2 is 0.646 bits per heavy atom. The van der Waals surface area contributed by atoms with E-state index in [1.807, 2.05) is 0 Å². The lowest BCUT2D eigenvalue weighted by Gasteiger charge is -2.07. The molecule has 0 radical (unpaired) electrons. The number of hydrogen-bond acceptors (Lipinski definition) is 0. The molecule has 0 unspecified atom stereocenters. The number of aromatic nitrogens is 2. The van der Waals surface area contributed by atoms with Crippen molar-refractivity contribution in [2.24, 2.45) is 0 Å². The van der Waals surface area contributed by atoms with Crippen LogP contribution in [-0.2, 0) is 19.5 Å². The highest BCUT2D eigenvalue weighted by Gasteiger charge is 2.16. The second-order valence-electron chi connectivity index (χ2n) is 15.9. The highest BCUT2D eigenvalue weighted by atomic mass is 15.1. The van der Waals surface area contributed by atoms with Crippen molar-refractivity contribution in [2.45, 2.75) is 278 Å². The fraction of sp³-hybridized carbons (Fsp3) is 0.935. The normalized spacial score (nSPS) is 11.6. The summed E-state index contributed by atoms with van der Waals surface area (Å²) in [7, 11) is 0. The molecule has 0 aliphatic heterocycles. The van der Waals surface area contributed by atoms with Crippen LogP contribution in [0, 0.1) is 0 Å². The van der Waals surface area contributed by atoms with Gasteiger partial charge in [-0.3, -0.25) is 0 Å². The molecule has 0 saturated heterocycles. The van der Waals surface area contributed by atoms with Crippen molar-refractivity contribution >= 4 is 0 Å². The van der Waals surface area contributed by atoms with Crippen LogP contribution in [0.5, 0.6) is 0 Å². The van der Waals surface area contributed by atoms with Gasteiger partial charge in [-0.25, -0.2) is 9.13 Å². The van der Waals surface area contributed by atoms with Gasteiger partial charge in [-0.05, 0) is 32.1 Å². The Morgan fingerprint density at radius 3 is 1.00 bits per heavy atom. The topological polar surface area (TPSA) is 8.81 Å². The molecule has 0 N–H and O–H groups in total. The largest absolute Gasteiger partial charge is 0.256 e. The molecule has 1 aromatic heterocycles. The summed E-state index contributed by atoms with van der Waals surface area (Å²) in [6.07, 6.45) is 59.3. The summed E-state index contributed by atoms with van der Waals surface area (Å²) in [6.45, 7) is 9.41. The van der Waals surface area contributed by atoms with Crippen molar-refractivity contribution in [3.05, 3.63) is 18.2 Å². The standard InChI is InChI=1S/C46H91N2/c1-4-7-10-13-16-19-21-23-24-25-26-27-29-32-35-38-41-46-47(42-39-36-33-30-18-15-12-9-6-3)44-45-48(46)43-40-37-34-31-28-22-20-17-14-11-8-5-2/h44-45H,4-43H2,1-3H3/q+1. The average Bonchev–Trinajstić information content (AvgIpc) is 3.48. The van der Waals surface area contributed by atoms with Crippen LogP contribution in [0.15, 0.2) is 12.4 Å². The second-order valence-corrected chi connectivity index (χ2v) is 15.9. The maximum Gasteiger partial charge on any atom is 0.256 e. The minimum atomic E-state index is 1.23. The van der Waals surface area contributed by atoms with E-state index in [1.165, 1.54) is 257 Å². The van der Waals surface area contributed by atoms with Gasteiger partial charge in [0.15, 0.2) is 0 Å². The van der Waals surface area contributed by atoms with Crippen LogP contribution in [0.4, 0.5) is 0 Å². The summed E-state index contributed by atoms with van der Waals surface area (Å²) in [4.78, 5) is 0. The van der Waals surface area contributed by atoms with Crippen molar-refractivity contribution in [3.8, 4) is 0 Å². The third-order valence-corrected chi connectivity index (χ3v) is 11.1. The van der Waals surface area contributed by atoms with E-state index in [-0.39, 0.29) is 0 Å². The Kier molecular flexibility index (Phi) is 35.3. The summed E-state index contributed by atoms with van der Waals surface area (Å²) in [5.41, 5.74) is 0. The number of unbranched alkanes of at least 4 members (excludes halogenated alkanes) is 34. The van der Waals surface area contributed by atoms with Crippen molar-refractivity contribution in [1.82, 2.24) is 4.57 Å². The zero-order valence-electron chi connectivity index (χ0n) is 33.8. The van der Waals surface area contributed by atoms with E-state index in [0.717, 1.165) is 0 Å². The van der Waals surface area contributed by atoms with Crippen LogP contribution >= 0.6 is 0 Å². The monoisotopic (exact) mass is 672 g/mol. The molecule has 284 valence electrons. The fourth-order valence-electron chi connectivity index (χ4n) is 7.74. The molecule has 0 aromatic carbocycles. The number of hydrogen-bond donors (Lipinski definition) is 0. The van der Waals surface area contributed by atoms with Gasteiger partial charge in [0.25, 0.3) is 5.82 Å². The molecular formula is C46H91N2+. The molecule has 1 aromatic rings. The van der Waals surface area contributed by atoms with E-state index in [2.05, 4.69) is 42.3 Å². The van der Waals surface area contributed by atoms with E-state index in [9.17, 15) is 0 Å². The van der Waals surface area contributed by atoms with Crippen LogP contribution in [0.25, 0.3) is 0 Å². The molecule has 0 aliphatic rings. The summed E-state index contributed by atoms with van der Waals surface area (Å²) in [5.74, 6) is 1.63. The molecule has 1 rings (SSSR count). The van der Waals surface area contributed by atoms with Crippen LogP contribution < -0.4 is 4.57 Å². The number of nitrogens with zero attached hydrogens (tertiary/aromatic N) is 2. The lowest BCUT2D eigenvalue weighted by atomic mass is 10.0. The first kappa shape index (κ1) is 45.2. The molecule has 0 spiro atoms. The molecule has 0 atom stereocenters. The van der Waals surface area contributed by atoms with Crippen LogP contribution in [0.3, 0.4) is 0 Å². The van der Waals surface area contributed by atoms with Gasteiger partial charge in [0.05, 0.1) is 13.1 Å². The molecule has 0 amide bonds. The summed E-state index contributed by atoms with van der Waals surface area (Å²) in [5, 5.41) is 0. The molecular weight excluding hydrogens is 581 g/mol. The second kappa shape index (κ2) is 37.5. The van der Waals surface area contributed by atoms with Gasteiger partial charge >= 0.3 is 0 Å². The SMILES string of the molecule is CCCCCCCCCCCCCCCCCCc1n(CCCCCCCCCCCCCC)cc[n+]1CCCCCCCCCCC. The third-order valence-electron chi connectivity index (χ3n) is 11.1. The zero-order chi connectivity index (χ0) is 34.4. The Bertz CT molecular complexity index is 736. The summed E-state index contributed by atoms with van der Waals surface area (Å²) < 4.78 is 5.29. The first-order chi connectivity index (χ1) is 23.8. The van der Waals surface area contributed by atoms with Gasteiger partial charge in [-0.2, -0.15) is 0 Å². The highest BCUT2D eigenvalue weighted by Crippen LogP contribution is 2.16. The quantitative estimate of drug-likeness (QED) is 0.0485. The highest BCUT2D eigenvalue weighted by molar-refractivity contribution is 4.84. The molecule has 48 heavy (non-hydrogen) atoms. The van der Waals surface area contributed by atoms with Gasteiger partial charge in [0.2, 0.25) is 0 Å². The van der Waals surface area contributed by atoms with Crippen molar-refractivity contribution in [2.75, 3.05) is 0 Å². The number of imidazole rings is 1. The predicted molar refractivity (Wildman–Crippen MR) is 216 cm³/mol. The molecule has 2 heteroatoms. The maximum absolute atomic E-state index is 2.65. The average molecular weight is 672 g/mol. The Hall–Kier alpha value is -0.790. The Morgan fingerprint density at radius 1 is 0.354 bits per heavy atom. The first-order valence-corrected chi connectivity index (χ1v) is 22.9. The fourth-order valence-corrected chi connectivity index (χ4v) is 7.74. The zero-order valence-corrected chi connectivity index (χ0v) is 33.8. The van der Waals surface area contributed by atoms with E-state index >= 15 is 0 Å². The predicted octanol–water partition coefficient (Wildman–Crippen LogP) is 15.8. The van der Waals surface area contributed by atoms with E-state index in [4.69, 9.17) is 0 Å². The van der Waals surface area contributed by atoms with Gasteiger partial charge in [0, 0.05) is 6.42 Å². The third kappa shape index (κ3) is 29.0. The minimum absolute atomic E-state index is 1.23. The Labute approximate surface area is 304 Å². The van der Waals surface area contributed by atoms with Crippen molar-refractivity contribution < 1.29 is 4.57 Å². The van der Waals surface area contributed by atoms with Gasteiger partial charge in [-0.1, -0.05) is 226 Å². The van der Waals surface area contributed by atoms with Gasteiger partial charge in [0.1, 0.15) is 12.4 Å². The van der Waals surface area contributed by atoms with E-state index in [1.54, 1.807) is 5.82 Å². The number of aryl methyl sites for hydroxylation is 2. The molecule has 2 nitrogen and oxygen atoms in total. The summed E-state index contributed by atoms with van der Waals surface area (Å²) >= 11 is 0. The van der Waals surface area contributed by atoms with E-state index < -0.39 is 0 Å². The maximum atomic E-state index is 2.65. The smallest absolute Gasteiger partial charge is 0.234 e.